The lowest BCUT2D eigenvalue weighted by atomic mass is 10.0. The Hall–Kier alpha value is -1.01. The molecular weight excluding hydrogens is 252 g/mol. The van der Waals surface area contributed by atoms with E-state index >= 15 is 0 Å². The molecule has 0 amide bonds. The first-order chi connectivity index (χ1) is 9.21. The maximum absolute atomic E-state index is 6.36. The molecule has 110 valence electrons. The summed E-state index contributed by atoms with van der Waals surface area (Å²) in [7, 11) is 0. The number of hydrogen-bond donors (Lipinski definition) is 0. The van der Waals surface area contributed by atoms with Crippen molar-refractivity contribution in [1.29, 1.82) is 0 Å². The minimum Gasteiger partial charge on any atom is -0.113 e. The zero-order valence-corrected chi connectivity index (χ0v) is 14.5. The highest BCUT2D eigenvalue weighted by Crippen LogP contribution is 2.21. The number of halogens is 1. The standard InChI is InChI=1S/C14H19Cl.2C2H6/c1-5-9-12(8-4)14(15)13(10-6-2)11-7-3;2*1-2/h5-11,14H,2H2,1,3-4H3;2*1-2H3/b9-5-,11-7-,12-8+,13-10+;;. The molecule has 0 aliphatic heterocycles. The van der Waals surface area contributed by atoms with Gasteiger partial charge in [-0.2, -0.15) is 0 Å². The summed E-state index contributed by atoms with van der Waals surface area (Å²) < 4.78 is 0. The number of alkyl halides is 1. The van der Waals surface area contributed by atoms with E-state index in [1.54, 1.807) is 6.08 Å². The van der Waals surface area contributed by atoms with Crippen LogP contribution >= 0.6 is 11.6 Å². The van der Waals surface area contributed by atoms with Gasteiger partial charge in [-0.1, -0.05) is 76.8 Å². The van der Waals surface area contributed by atoms with Gasteiger partial charge in [-0.15, -0.1) is 11.6 Å². The van der Waals surface area contributed by atoms with Gasteiger partial charge in [0.15, 0.2) is 0 Å². The van der Waals surface area contributed by atoms with E-state index in [0.717, 1.165) is 11.1 Å². The first-order valence-electron chi connectivity index (χ1n) is 7.09. The van der Waals surface area contributed by atoms with Crippen molar-refractivity contribution in [2.24, 2.45) is 0 Å². The van der Waals surface area contributed by atoms with Crippen LogP contribution in [0.3, 0.4) is 0 Å². The highest BCUT2D eigenvalue weighted by molar-refractivity contribution is 6.24. The molecule has 0 aliphatic rings. The fraction of sp³-hybridized carbons (Fsp3) is 0.444. The Bertz CT molecular complexity index is 304. The number of hydrogen-bond acceptors (Lipinski definition) is 0. The normalized spacial score (nSPS) is 13.5. The van der Waals surface area contributed by atoms with Gasteiger partial charge in [-0.05, 0) is 31.9 Å². The summed E-state index contributed by atoms with van der Waals surface area (Å²) >= 11 is 6.36. The van der Waals surface area contributed by atoms with Crippen molar-refractivity contribution in [2.75, 3.05) is 0 Å². The summed E-state index contributed by atoms with van der Waals surface area (Å²) in [6.07, 6.45) is 13.7. The molecule has 0 aromatic rings. The molecule has 0 aliphatic carbocycles. The van der Waals surface area contributed by atoms with Crippen molar-refractivity contribution in [3.63, 3.8) is 0 Å². The van der Waals surface area contributed by atoms with Crippen LogP contribution in [0.1, 0.15) is 48.5 Å². The molecule has 1 unspecified atom stereocenters. The van der Waals surface area contributed by atoms with Gasteiger partial charge in [-0.3, -0.25) is 0 Å². The zero-order chi connectivity index (χ0) is 15.7. The fourth-order valence-electron chi connectivity index (χ4n) is 1.26. The van der Waals surface area contributed by atoms with Crippen molar-refractivity contribution in [2.45, 2.75) is 53.8 Å². The van der Waals surface area contributed by atoms with E-state index in [-0.39, 0.29) is 5.38 Å². The molecule has 0 saturated heterocycles. The molecule has 0 fully saturated rings. The predicted octanol–water partition coefficient (Wildman–Crippen LogP) is 6.86. The molecule has 1 heteroatoms. The van der Waals surface area contributed by atoms with Crippen molar-refractivity contribution in [1.82, 2.24) is 0 Å². The molecule has 0 rings (SSSR count). The van der Waals surface area contributed by atoms with Gasteiger partial charge in [-0.25, -0.2) is 0 Å². The van der Waals surface area contributed by atoms with Crippen LogP contribution in [0.5, 0.6) is 0 Å². The minimum atomic E-state index is -0.111. The fourth-order valence-corrected chi connectivity index (χ4v) is 1.61. The minimum absolute atomic E-state index is 0.111. The molecule has 0 heterocycles. The number of rotatable bonds is 5. The van der Waals surface area contributed by atoms with E-state index in [9.17, 15) is 0 Å². The van der Waals surface area contributed by atoms with E-state index in [4.69, 9.17) is 11.6 Å². The highest BCUT2D eigenvalue weighted by Gasteiger charge is 2.10. The molecular formula is C18H31Cl. The zero-order valence-electron chi connectivity index (χ0n) is 13.7. The van der Waals surface area contributed by atoms with Crippen LogP contribution in [0.15, 0.2) is 60.3 Å². The van der Waals surface area contributed by atoms with E-state index in [0.29, 0.717) is 0 Å². The van der Waals surface area contributed by atoms with Gasteiger partial charge in [0.1, 0.15) is 0 Å². The third kappa shape index (κ3) is 11.8. The van der Waals surface area contributed by atoms with Crippen LogP contribution < -0.4 is 0 Å². The second-order valence-corrected chi connectivity index (χ2v) is 3.49. The first kappa shape index (κ1) is 23.1. The van der Waals surface area contributed by atoms with Crippen LogP contribution in [-0.4, -0.2) is 5.38 Å². The monoisotopic (exact) mass is 282 g/mol. The Kier molecular flexibility index (Phi) is 23.5. The molecule has 0 aromatic carbocycles. The van der Waals surface area contributed by atoms with Crippen LogP contribution in [0.4, 0.5) is 0 Å². The molecule has 0 N–H and O–H groups in total. The maximum atomic E-state index is 6.36. The Morgan fingerprint density at radius 1 is 0.895 bits per heavy atom. The average molecular weight is 283 g/mol. The largest absolute Gasteiger partial charge is 0.113 e. The Labute approximate surface area is 126 Å². The molecule has 1 atom stereocenters. The number of allylic oxidation sites excluding steroid dienone is 9. The molecule has 0 nitrogen and oxygen atoms in total. The molecule has 0 saturated carbocycles. The van der Waals surface area contributed by atoms with Gasteiger partial charge < -0.3 is 0 Å². The van der Waals surface area contributed by atoms with Gasteiger partial charge >= 0.3 is 0 Å². The second-order valence-electron chi connectivity index (χ2n) is 3.05. The average Bonchev–Trinajstić information content (AvgIpc) is 2.48. The lowest BCUT2D eigenvalue weighted by Gasteiger charge is -2.11. The molecule has 0 spiro atoms. The van der Waals surface area contributed by atoms with Crippen LogP contribution in [0, 0.1) is 0 Å². The van der Waals surface area contributed by atoms with Gasteiger partial charge in [0, 0.05) is 0 Å². The Morgan fingerprint density at radius 2 is 1.32 bits per heavy atom. The van der Waals surface area contributed by atoms with Crippen molar-refractivity contribution >= 4 is 11.6 Å². The van der Waals surface area contributed by atoms with E-state index in [1.165, 1.54) is 0 Å². The Balaban J connectivity index is -0.000000579. The van der Waals surface area contributed by atoms with E-state index in [1.807, 2.05) is 84.9 Å². The molecule has 19 heavy (non-hydrogen) atoms. The molecule has 0 bridgehead atoms. The summed E-state index contributed by atoms with van der Waals surface area (Å²) in [5.74, 6) is 0. The lowest BCUT2D eigenvalue weighted by molar-refractivity contribution is 1.20. The van der Waals surface area contributed by atoms with Crippen LogP contribution in [0.25, 0.3) is 0 Å². The summed E-state index contributed by atoms with van der Waals surface area (Å²) in [5.41, 5.74) is 2.16. The van der Waals surface area contributed by atoms with Gasteiger partial charge in [0.25, 0.3) is 0 Å². The van der Waals surface area contributed by atoms with Gasteiger partial charge in [0.05, 0.1) is 5.38 Å². The highest BCUT2D eigenvalue weighted by atomic mass is 35.5. The van der Waals surface area contributed by atoms with E-state index < -0.39 is 0 Å². The summed E-state index contributed by atoms with van der Waals surface area (Å²) in [6, 6.07) is 0. The lowest BCUT2D eigenvalue weighted by Crippen LogP contribution is -2.03. The third-order valence-electron chi connectivity index (χ3n) is 1.95. The summed E-state index contributed by atoms with van der Waals surface area (Å²) in [6.45, 7) is 17.6. The smallest absolute Gasteiger partial charge is 0.0832 e. The van der Waals surface area contributed by atoms with E-state index in [2.05, 4.69) is 6.58 Å². The van der Waals surface area contributed by atoms with Crippen molar-refractivity contribution in [3.05, 3.63) is 60.3 Å². The van der Waals surface area contributed by atoms with Crippen LogP contribution in [0.2, 0.25) is 0 Å². The van der Waals surface area contributed by atoms with Crippen LogP contribution in [-0.2, 0) is 0 Å². The Morgan fingerprint density at radius 3 is 1.63 bits per heavy atom. The van der Waals surface area contributed by atoms with Gasteiger partial charge in [0.2, 0.25) is 0 Å². The SMILES string of the molecule is C=C/C=C(\C=C/C)C(Cl)C(/C=C\C)=C/C.CC.CC. The first-order valence-corrected chi connectivity index (χ1v) is 7.53. The molecule has 0 radical (unpaired) electrons. The quantitative estimate of drug-likeness (QED) is 0.382. The predicted molar refractivity (Wildman–Crippen MR) is 94.0 cm³/mol. The maximum Gasteiger partial charge on any atom is 0.0832 e. The third-order valence-corrected chi connectivity index (χ3v) is 2.45. The topological polar surface area (TPSA) is 0 Å². The summed E-state index contributed by atoms with van der Waals surface area (Å²) in [5, 5.41) is -0.111. The van der Waals surface area contributed by atoms with Crippen molar-refractivity contribution in [3.8, 4) is 0 Å². The second kappa shape index (κ2) is 19.3. The molecule has 0 aromatic heterocycles. The van der Waals surface area contributed by atoms with Crippen molar-refractivity contribution < 1.29 is 0 Å². The summed E-state index contributed by atoms with van der Waals surface area (Å²) in [4.78, 5) is 0.